The highest BCUT2D eigenvalue weighted by Crippen LogP contribution is 2.13. The largest absolute Gasteiger partial charge is 0.456 e. The number of furan rings is 1. The summed E-state index contributed by atoms with van der Waals surface area (Å²) in [7, 11) is 0. The van der Waals surface area contributed by atoms with Crippen LogP contribution in [0.25, 0.3) is 0 Å². The van der Waals surface area contributed by atoms with Crippen LogP contribution in [0, 0.1) is 13.8 Å². The molecule has 0 bridgehead atoms. The number of amides is 1. The Morgan fingerprint density at radius 2 is 2.19 bits per heavy atom. The van der Waals surface area contributed by atoms with Crippen molar-refractivity contribution in [2.75, 3.05) is 6.54 Å². The van der Waals surface area contributed by atoms with Crippen molar-refractivity contribution in [2.24, 2.45) is 5.73 Å². The predicted molar refractivity (Wildman–Crippen MR) is 66.0 cm³/mol. The Bertz CT molecular complexity index is 348. The van der Waals surface area contributed by atoms with Crippen molar-refractivity contribution < 1.29 is 9.21 Å². The molecule has 0 fully saturated rings. The van der Waals surface area contributed by atoms with Gasteiger partial charge in [-0.15, -0.1) is 12.4 Å². The Labute approximate surface area is 102 Å². The first-order valence-corrected chi connectivity index (χ1v) is 5.11. The summed E-state index contributed by atoms with van der Waals surface area (Å²) in [6, 6.07) is 1.95. The summed E-state index contributed by atoms with van der Waals surface area (Å²) in [5.74, 6) is 0.989. The molecule has 1 amide bonds. The summed E-state index contributed by atoms with van der Waals surface area (Å²) in [6.45, 7) is 6.17. The van der Waals surface area contributed by atoms with E-state index in [0.717, 1.165) is 17.7 Å². The lowest BCUT2D eigenvalue weighted by Gasteiger charge is -2.06. The van der Waals surface area contributed by atoms with Crippen LogP contribution in [0.15, 0.2) is 10.5 Å². The Balaban J connectivity index is 0.00000225. The van der Waals surface area contributed by atoms with E-state index < -0.39 is 0 Å². The number of rotatable bonds is 4. The molecule has 0 saturated heterocycles. The van der Waals surface area contributed by atoms with Gasteiger partial charge in [0.25, 0.3) is 5.91 Å². The fourth-order valence-corrected chi connectivity index (χ4v) is 1.36. The van der Waals surface area contributed by atoms with Crippen LogP contribution in [0.2, 0.25) is 0 Å². The Morgan fingerprint density at radius 3 is 2.62 bits per heavy atom. The van der Waals surface area contributed by atoms with E-state index in [2.05, 4.69) is 5.32 Å². The molecule has 0 aliphatic rings. The molecule has 0 aliphatic heterocycles. The maximum atomic E-state index is 11.6. The molecule has 4 nitrogen and oxygen atoms in total. The van der Waals surface area contributed by atoms with E-state index in [4.69, 9.17) is 10.2 Å². The van der Waals surface area contributed by atoms with Gasteiger partial charge in [-0.05, 0) is 33.3 Å². The molecule has 1 aromatic rings. The lowest BCUT2D eigenvalue weighted by molar-refractivity contribution is 0.0923. The second-order valence-electron chi connectivity index (χ2n) is 3.89. The van der Waals surface area contributed by atoms with Gasteiger partial charge in [-0.25, -0.2) is 0 Å². The van der Waals surface area contributed by atoms with Crippen LogP contribution in [0.5, 0.6) is 0 Å². The smallest absolute Gasteiger partial charge is 0.287 e. The highest BCUT2D eigenvalue weighted by Gasteiger charge is 2.13. The van der Waals surface area contributed by atoms with Crippen LogP contribution in [0.4, 0.5) is 0 Å². The van der Waals surface area contributed by atoms with Crippen LogP contribution in [-0.2, 0) is 0 Å². The number of hydrogen-bond acceptors (Lipinski definition) is 3. The van der Waals surface area contributed by atoms with Crippen LogP contribution in [0.1, 0.15) is 35.2 Å². The molecule has 1 aromatic heterocycles. The van der Waals surface area contributed by atoms with Crippen molar-refractivity contribution in [2.45, 2.75) is 33.2 Å². The van der Waals surface area contributed by atoms with E-state index in [-0.39, 0.29) is 24.4 Å². The van der Waals surface area contributed by atoms with E-state index in [1.54, 1.807) is 0 Å². The van der Waals surface area contributed by atoms with Gasteiger partial charge in [0, 0.05) is 18.2 Å². The average Bonchev–Trinajstić information content (AvgIpc) is 2.44. The minimum Gasteiger partial charge on any atom is -0.456 e. The summed E-state index contributed by atoms with van der Waals surface area (Å²) in [6.07, 6.45) is 0.768. The molecule has 0 aromatic carbocycles. The van der Waals surface area contributed by atoms with Crippen molar-refractivity contribution in [3.8, 4) is 0 Å². The van der Waals surface area contributed by atoms with Gasteiger partial charge in [-0.3, -0.25) is 4.79 Å². The Kier molecular flexibility index (Phi) is 6.14. The SMILES string of the molecule is Cc1cc(C)c(C(=O)NCCC(C)N)o1.Cl. The molecule has 1 rings (SSSR count). The van der Waals surface area contributed by atoms with Crippen LogP contribution in [-0.4, -0.2) is 18.5 Å². The van der Waals surface area contributed by atoms with Crippen LogP contribution >= 0.6 is 12.4 Å². The molecule has 5 heteroatoms. The van der Waals surface area contributed by atoms with E-state index in [9.17, 15) is 4.79 Å². The number of aryl methyl sites for hydroxylation is 2. The first kappa shape index (κ1) is 15.0. The van der Waals surface area contributed by atoms with E-state index in [1.165, 1.54) is 0 Å². The number of carbonyl (C=O) groups excluding carboxylic acids is 1. The van der Waals surface area contributed by atoms with Gasteiger partial charge < -0.3 is 15.5 Å². The van der Waals surface area contributed by atoms with Crippen LogP contribution < -0.4 is 11.1 Å². The molecule has 1 heterocycles. The standard InChI is InChI=1S/C11H18N2O2.ClH/c1-7-6-9(3)15-10(7)11(14)13-5-4-8(2)12;/h6,8H,4-5,12H2,1-3H3,(H,13,14);1H. The van der Waals surface area contributed by atoms with Gasteiger partial charge in [-0.2, -0.15) is 0 Å². The Morgan fingerprint density at radius 1 is 1.56 bits per heavy atom. The third-order valence-corrected chi connectivity index (χ3v) is 2.13. The fourth-order valence-electron chi connectivity index (χ4n) is 1.36. The number of nitrogens with two attached hydrogens (primary N) is 1. The quantitative estimate of drug-likeness (QED) is 0.851. The van der Waals surface area contributed by atoms with Gasteiger partial charge >= 0.3 is 0 Å². The maximum absolute atomic E-state index is 11.6. The molecule has 1 unspecified atom stereocenters. The number of nitrogens with one attached hydrogen (secondary N) is 1. The first-order valence-electron chi connectivity index (χ1n) is 5.11. The molecule has 0 aliphatic carbocycles. The van der Waals surface area contributed by atoms with E-state index in [0.29, 0.717) is 12.3 Å². The van der Waals surface area contributed by atoms with Gasteiger partial charge in [0.1, 0.15) is 5.76 Å². The summed E-state index contributed by atoms with van der Waals surface area (Å²) in [4.78, 5) is 11.6. The van der Waals surface area contributed by atoms with Crippen molar-refractivity contribution in [3.05, 3.63) is 23.2 Å². The molecule has 1 atom stereocenters. The van der Waals surface area contributed by atoms with Gasteiger partial charge in [0.2, 0.25) is 0 Å². The Hall–Kier alpha value is -1.00. The summed E-state index contributed by atoms with van der Waals surface area (Å²) in [5.41, 5.74) is 6.44. The topological polar surface area (TPSA) is 68.3 Å². The zero-order chi connectivity index (χ0) is 11.4. The first-order chi connectivity index (χ1) is 7.00. The fraction of sp³-hybridized carbons (Fsp3) is 0.545. The molecule has 0 radical (unpaired) electrons. The van der Waals surface area contributed by atoms with Crippen molar-refractivity contribution >= 4 is 18.3 Å². The third-order valence-electron chi connectivity index (χ3n) is 2.13. The zero-order valence-electron chi connectivity index (χ0n) is 9.87. The highest BCUT2D eigenvalue weighted by atomic mass is 35.5. The highest BCUT2D eigenvalue weighted by molar-refractivity contribution is 5.92. The predicted octanol–water partition coefficient (Wildman–Crippen LogP) is 1.79. The zero-order valence-corrected chi connectivity index (χ0v) is 10.7. The van der Waals surface area contributed by atoms with Crippen molar-refractivity contribution in [1.82, 2.24) is 5.32 Å². The average molecular weight is 247 g/mol. The molecule has 16 heavy (non-hydrogen) atoms. The number of hydrogen-bond donors (Lipinski definition) is 2. The molecular weight excluding hydrogens is 228 g/mol. The van der Waals surface area contributed by atoms with E-state index in [1.807, 2.05) is 26.8 Å². The van der Waals surface area contributed by atoms with Crippen molar-refractivity contribution in [1.29, 1.82) is 0 Å². The van der Waals surface area contributed by atoms with Gasteiger partial charge in [0.15, 0.2) is 5.76 Å². The molecule has 0 spiro atoms. The number of carbonyl (C=O) groups is 1. The minimum atomic E-state index is -0.166. The van der Waals surface area contributed by atoms with Gasteiger partial charge in [0.05, 0.1) is 0 Å². The molecule has 0 saturated carbocycles. The molecule has 3 N–H and O–H groups in total. The summed E-state index contributed by atoms with van der Waals surface area (Å²) < 4.78 is 5.29. The lowest BCUT2D eigenvalue weighted by Crippen LogP contribution is -2.29. The lowest BCUT2D eigenvalue weighted by atomic mass is 10.2. The molecular formula is C11H19ClN2O2. The van der Waals surface area contributed by atoms with Gasteiger partial charge in [-0.1, -0.05) is 0 Å². The second-order valence-corrected chi connectivity index (χ2v) is 3.89. The normalized spacial score (nSPS) is 11.8. The monoisotopic (exact) mass is 246 g/mol. The van der Waals surface area contributed by atoms with Crippen molar-refractivity contribution in [3.63, 3.8) is 0 Å². The maximum Gasteiger partial charge on any atom is 0.287 e. The summed E-state index contributed by atoms with van der Waals surface area (Å²) in [5, 5.41) is 2.77. The number of halogens is 1. The second kappa shape index (κ2) is 6.55. The minimum absolute atomic E-state index is 0. The van der Waals surface area contributed by atoms with Crippen LogP contribution in [0.3, 0.4) is 0 Å². The molecule has 92 valence electrons. The third kappa shape index (κ3) is 4.24. The summed E-state index contributed by atoms with van der Waals surface area (Å²) >= 11 is 0. The van der Waals surface area contributed by atoms with E-state index >= 15 is 0 Å².